The molecule has 0 spiro atoms. The molecule has 4 heterocycles. The summed E-state index contributed by atoms with van der Waals surface area (Å²) in [5, 5.41) is 5.34. The van der Waals surface area contributed by atoms with Gasteiger partial charge in [-0.2, -0.15) is 0 Å². The highest BCUT2D eigenvalue weighted by atomic mass is 16.5. The second-order valence-electron chi connectivity index (χ2n) is 8.21. The Morgan fingerprint density at radius 2 is 2.10 bits per heavy atom. The number of hydrogen-bond acceptors (Lipinski definition) is 4. The molecule has 0 bridgehead atoms. The maximum Gasteiger partial charge on any atom is 0.143 e. The van der Waals surface area contributed by atoms with Gasteiger partial charge >= 0.3 is 0 Å². The monoisotopic (exact) mass is 386 g/mol. The summed E-state index contributed by atoms with van der Waals surface area (Å²) in [6.07, 6.45) is 4.25. The molecule has 1 atom stereocenters. The summed E-state index contributed by atoms with van der Waals surface area (Å²) in [7, 11) is 0. The van der Waals surface area contributed by atoms with Crippen LogP contribution in [0.2, 0.25) is 0 Å². The Morgan fingerprint density at radius 1 is 1.17 bits per heavy atom. The predicted molar refractivity (Wildman–Crippen MR) is 115 cm³/mol. The zero-order chi connectivity index (χ0) is 19.8. The van der Waals surface area contributed by atoms with Crippen molar-refractivity contribution in [3.05, 3.63) is 71.4 Å². The van der Waals surface area contributed by atoms with Gasteiger partial charge in [0.05, 0.1) is 17.0 Å². The van der Waals surface area contributed by atoms with Gasteiger partial charge in [-0.05, 0) is 74.4 Å². The summed E-state index contributed by atoms with van der Waals surface area (Å²) in [5.74, 6) is 1.48. The van der Waals surface area contributed by atoms with Crippen molar-refractivity contribution in [1.82, 2.24) is 20.0 Å². The molecule has 1 aliphatic heterocycles. The van der Waals surface area contributed by atoms with E-state index >= 15 is 0 Å². The van der Waals surface area contributed by atoms with E-state index in [-0.39, 0.29) is 0 Å². The zero-order valence-corrected chi connectivity index (χ0v) is 17.0. The van der Waals surface area contributed by atoms with Crippen LogP contribution >= 0.6 is 0 Å². The SMILES string of the molecule is Cc1noc(C)c1-c1cccc(CC2CCN(Cc3ccc4cc[nH]c4c3)C2)n1. The first kappa shape index (κ1) is 18.1. The number of H-pyrrole nitrogens is 1. The molecular formula is C24H26N4O. The smallest absolute Gasteiger partial charge is 0.143 e. The second kappa shape index (κ2) is 7.48. The van der Waals surface area contributed by atoms with Gasteiger partial charge in [0.1, 0.15) is 5.76 Å². The molecule has 1 unspecified atom stereocenters. The van der Waals surface area contributed by atoms with Crippen molar-refractivity contribution in [2.24, 2.45) is 5.92 Å². The molecule has 3 aromatic heterocycles. The number of likely N-dealkylation sites (tertiary alicyclic amines) is 1. The molecule has 4 aromatic rings. The van der Waals surface area contributed by atoms with Crippen molar-refractivity contribution >= 4 is 10.9 Å². The first-order chi connectivity index (χ1) is 14.2. The lowest BCUT2D eigenvalue weighted by molar-refractivity contribution is 0.316. The third-order valence-electron chi connectivity index (χ3n) is 5.99. The molecule has 1 aromatic carbocycles. The average Bonchev–Trinajstić information content (AvgIpc) is 3.43. The number of nitrogens with one attached hydrogen (secondary N) is 1. The Morgan fingerprint density at radius 3 is 2.97 bits per heavy atom. The molecule has 0 aliphatic carbocycles. The highest BCUT2D eigenvalue weighted by Gasteiger charge is 2.23. The molecule has 1 N–H and O–H groups in total. The van der Waals surface area contributed by atoms with E-state index in [0.29, 0.717) is 5.92 Å². The molecule has 0 saturated carbocycles. The van der Waals surface area contributed by atoms with Crippen molar-refractivity contribution in [2.45, 2.75) is 33.2 Å². The standard InChI is InChI=1S/C24H26N4O/c1-16-24(17(2)29-27-16)22-5-3-4-21(26-22)12-19-9-11-28(15-19)14-18-6-7-20-8-10-25-23(20)13-18/h3-8,10,13,19,25H,9,11-12,14-15H2,1-2H3. The molecular weight excluding hydrogens is 360 g/mol. The highest BCUT2D eigenvalue weighted by molar-refractivity contribution is 5.79. The van der Waals surface area contributed by atoms with Crippen LogP contribution < -0.4 is 0 Å². The molecule has 29 heavy (non-hydrogen) atoms. The lowest BCUT2D eigenvalue weighted by Crippen LogP contribution is -2.20. The lowest BCUT2D eigenvalue weighted by atomic mass is 10.0. The minimum absolute atomic E-state index is 0.650. The Labute approximate surface area is 170 Å². The number of aryl methyl sites for hydroxylation is 2. The van der Waals surface area contributed by atoms with Crippen molar-refractivity contribution in [3.8, 4) is 11.3 Å². The summed E-state index contributed by atoms with van der Waals surface area (Å²) < 4.78 is 5.32. The zero-order valence-electron chi connectivity index (χ0n) is 17.0. The van der Waals surface area contributed by atoms with Crippen LogP contribution in [0.15, 0.2) is 53.2 Å². The maximum atomic E-state index is 5.32. The topological polar surface area (TPSA) is 58.0 Å². The molecule has 5 rings (SSSR count). The van der Waals surface area contributed by atoms with E-state index in [1.165, 1.54) is 22.9 Å². The molecule has 148 valence electrons. The third-order valence-corrected chi connectivity index (χ3v) is 5.99. The average molecular weight is 386 g/mol. The number of hydrogen-bond donors (Lipinski definition) is 1. The number of benzene rings is 1. The van der Waals surface area contributed by atoms with Crippen LogP contribution in [0.25, 0.3) is 22.2 Å². The lowest BCUT2D eigenvalue weighted by Gasteiger charge is -2.16. The van der Waals surface area contributed by atoms with Gasteiger partial charge in [0.2, 0.25) is 0 Å². The Balaban J connectivity index is 1.25. The number of rotatable bonds is 5. The van der Waals surface area contributed by atoms with E-state index in [1.54, 1.807) is 0 Å². The number of aromatic amines is 1. The van der Waals surface area contributed by atoms with Gasteiger partial charge in [0.25, 0.3) is 0 Å². The Hall–Kier alpha value is -2.92. The van der Waals surface area contributed by atoms with E-state index in [0.717, 1.165) is 54.5 Å². The summed E-state index contributed by atoms with van der Waals surface area (Å²) in [6.45, 7) is 7.21. The van der Waals surface area contributed by atoms with Crippen LogP contribution in [0.3, 0.4) is 0 Å². The van der Waals surface area contributed by atoms with Crippen LogP contribution in [0.1, 0.15) is 29.1 Å². The summed E-state index contributed by atoms with van der Waals surface area (Å²) in [5.41, 5.74) is 6.64. The van der Waals surface area contributed by atoms with Gasteiger partial charge in [-0.25, -0.2) is 0 Å². The van der Waals surface area contributed by atoms with Gasteiger partial charge in [0.15, 0.2) is 0 Å². The highest BCUT2D eigenvalue weighted by Crippen LogP contribution is 2.27. The first-order valence-corrected chi connectivity index (χ1v) is 10.3. The van der Waals surface area contributed by atoms with Crippen molar-refractivity contribution in [3.63, 3.8) is 0 Å². The van der Waals surface area contributed by atoms with Gasteiger partial charge in [-0.1, -0.05) is 23.4 Å². The maximum absolute atomic E-state index is 5.32. The predicted octanol–water partition coefficient (Wildman–Crippen LogP) is 4.90. The van der Waals surface area contributed by atoms with Crippen LogP contribution in [-0.4, -0.2) is 33.1 Å². The van der Waals surface area contributed by atoms with Gasteiger partial charge in [0, 0.05) is 30.5 Å². The Bertz CT molecular complexity index is 1120. The van der Waals surface area contributed by atoms with Crippen molar-refractivity contribution in [2.75, 3.05) is 13.1 Å². The van der Waals surface area contributed by atoms with Crippen LogP contribution in [0.4, 0.5) is 0 Å². The number of aromatic nitrogens is 3. The quantitative estimate of drug-likeness (QED) is 0.530. The van der Waals surface area contributed by atoms with E-state index in [9.17, 15) is 0 Å². The largest absolute Gasteiger partial charge is 0.361 e. The van der Waals surface area contributed by atoms with Crippen LogP contribution in [-0.2, 0) is 13.0 Å². The fraction of sp³-hybridized carbons (Fsp3) is 0.333. The van der Waals surface area contributed by atoms with Crippen molar-refractivity contribution in [1.29, 1.82) is 0 Å². The van der Waals surface area contributed by atoms with Crippen LogP contribution in [0, 0.1) is 19.8 Å². The van der Waals surface area contributed by atoms with E-state index in [2.05, 4.69) is 51.4 Å². The van der Waals surface area contributed by atoms with Gasteiger partial charge in [-0.15, -0.1) is 0 Å². The number of pyridine rings is 1. The third kappa shape index (κ3) is 3.70. The summed E-state index contributed by atoms with van der Waals surface area (Å²) >= 11 is 0. The molecule has 5 heteroatoms. The number of fused-ring (bicyclic) bond motifs is 1. The Kier molecular flexibility index (Phi) is 4.68. The molecule has 1 fully saturated rings. The molecule has 1 aliphatic rings. The first-order valence-electron chi connectivity index (χ1n) is 10.3. The van der Waals surface area contributed by atoms with Crippen LogP contribution in [0.5, 0.6) is 0 Å². The molecule has 5 nitrogen and oxygen atoms in total. The van der Waals surface area contributed by atoms with E-state index < -0.39 is 0 Å². The summed E-state index contributed by atoms with van der Waals surface area (Å²) in [4.78, 5) is 10.8. The summed E-state index contributed by atoms with van der Waals surface area (Å²) in [6, 6.07) is 15.1. The molecule has 0 amide bonds. The fourth-order valence-electron chi connectivity index (χ4n) is 4.55. The molecule has 0 radical (unpaired) electrons. The van der Waals surface area contributed by atoms with E-state index in [1.807, 2.05) is 26.1 Å². The number of nitrogens with zero attached hydrogens (tertiary/aromatic N) is 3. The molecule has 1 saturated heterocycles. The van der Waals surface area contributed by atoms with Gasteiger partial charge in [-0.3, -0.25) is 9.88 Å². The normalized spacial score (nSPS) is 17.4. The minimum atomic E-state index is 0.650. The second-order valence-corrected chi connectivity index (χ2v) is 8.21. The van der Waals surface area contributed by atoms with Crippen molar-refractivity contribution < 1.29 is 4.52 Å². The minimum Gasteiger partial charge on any atom is -0.361 e. The van der Waals surface area contributed by atoms with Gasteiger partial charge < -0.3 is 9.51 Å². The fourth-order valence-corrected chi connectivity index (χ4v) is 4.55. The van der Waals surface area contributed by atoms with E-state index in [4.69, 9.17) is 9.51 Å².